The Balaban J connectivity index is 1.71. The normalized spacial score (nSPS) is 31.2. The Hall–Kier alpha value is -0.770. The maximum absolute atomic E-state index is 12.6. The zero-order valence-electron chi connectivity index (χ0n) is 11.9. The number of nitrogens with zero attached hydrogens (tertiary/aromatic N) is 1. The number of aliphatic hydroxyl groups is 1. The van der Waals surface area contributed by atoms with E-state index in [1.165, 1.54) is 0 Å². The predicted molar refractivity (Wildman–Crippen MR) is 83.8 cm³/mol. The Labute approximate surface area is 134 Å². The van der Waals surface area contributed by atoms with E-state index < -0.39 is 0 Å². The summed E-state index contributed by atoms with van der Waals surface area (Å²) >= 11 is 11.9. The molecule has 114 valence electrons. The fraction of sp³-hybridized carbons (Fsp3) is 0.562. The molecule has 1 aromatic carbocycles. The second-order valence-electron chi connectivity index (χ2n) is 6.34. The summed E-state index contributed by atoms with van der Waals surface area (Å²) in [6, 6.07) is 5.19. The van der Waals surface area contributed by atoms with E-state index in [-0.39, 0.29) is 18.1 Å². The topological polar surface area (TPSA) is 40.5 Å². The van der Waals surface area contributed by atoms with Gasteiger partial charge in [0.2, 0.25) is 0 Å². The molecule has 2 fully saturated rings. The first-order valence-corrected chi connectivity index (χ1v) is 8.11. The second kappa shape index (κ2) is 5.79. The number of aliphatic hydroxyl groups excluding tert-OH is 1. The van der Waals surface area contributed by atoms with Crippen molar-refractivity contribution >= 4 is 29.1 Å². The van der Waals surface area contributed by atoms with E-state index in [4.69, 9.17) is 23.2 Å². The molecule has 0 aliphatic heterocycles. The maximum Gasteiger partial charge on any atom is 0.253 e. The minimum atomic E-state index is -0.145. The summed E-state index contributed by atoms with van der Waals surface area (Å²) in [4.78, 5) is 14.4. The third kappa shape index (κ3) is 3.05. The lowest BCUT2D eigenvalue weighted by molar-refractivity contribution is 0.0722. The molecule has 5 heteroatoms. The summed E-state index contributed by atoms with van der Waals surface area (Å²) in [6.45, 7) is 0. The van der Waals surface area contributed by atoms with Crippen molar-refractivity contribution in [2.45, 2.75) is 37.8 Å². The number of fused-ring (bicyclic) bond motifs is 1. The molecule has 0 radical (unpaired) electrons. The van der Waals surface area contributed by atoms with Crippen molar-refractivity contribution in [3.8, 4) is 0 Å². The van der Waals surface area contributed by atoms with E-state index in [1.807, 2.05) is 11.9 Å². The van der Waals surface area contributed by atoms with Gasteiger partial charge in [0.25, 0.3) is 5.91 Å². The molecular weight excluding hydrogens is 309 g/mol. The molecule has 2 unspecified atom stereocenters. The average molecular weight is 328 g/mol. The summed E-state index contributed by atoms with van der Waals surface area (Å²) in [5.41, 5.74) is 0.534. The lowest BCUT2D eigenvalue weighted by Gasteiger charge is -2.26. The summed E-state index contributed by atoms with van der Waals surface area (Å²) in [5.74, 6) is 1.08. The van der Waals surface area contributed by atoms with Gasteiger partial charge < -0.3 is 10.0 Å². The lowest BCUT2D eigenvalue weighted by atomic mass is 10.0. The zero-order valence-corrected chi connectivity index (χ0v) is 13.4. The van der Waals surface area contributed by atoms with Gasteiger partial charge >= 0.3 is 0 Å². The van der Waals surface area contributed by atoms with Crippen LogP contribution in [0.3, 0.4) is 0 Å². The molecule has 2 aliphatic rings. The van der Waals surface area contributed by atoms with Crippen molar-refractivity contribution in [2.24, 2.45) is 11.8 Å². The fourth-order valence-electron chi connectivity index (χ4n) is 3.92. The monoisotopic (exact) mass is 327 g/mol. The van der Waals surface area contributed by atoms with Crippen LogP contribution in [0.2, 0.25) is 10.0 Å². The molecule has 0 bridgehead atoms. The van der Waals surface area contributed by atoms with Crippen molar-refractivity contribution in [3.05, 3.63) is 33.8 Å². The third-order valence-electron chi connectivity index (χ3n) is 4.94. The molecular formula is C16H19Cl2NO2. The predicted octanol–water partition coefficient (Wildman–Crippen LogP) is 3.61. The van der Waals surface area contributed by atoms with Crippen LogP contribution in [-0.4, -0.2) is 35.1 Å². The smallest absolute Gasteiger partial charge is 0.253 e. The molecule has 1 aromatic rings. The maximum atomic E-state index is 12.6. The van der Waals surface area contributed by atoms with E-state index in [0.29, 0.717) is 27.4 Å². The van der Waals surface area contributed by atoms with Gasteiger partial charge in [0.15, 0.2) is 0 Å². The van der Waals surface area contributed by atoms with Crippen molar-refractivity contribution < 1.29 is 9.90 Å². The minimum Gasteiger partial charge on any atom is -0.393 e. The summed E-state index contributed by atoms with van der Waals surface area (Å²) < 4.78 is 0. The molecule has 0 aromatic heterocycles. The Morgan fingerprint density at radius 2 is 1.62 bits per heavy atom. The highest BCUT2D eigenvalue weighted by molar-refractivity contribution is 6.35. The van der Waals surface area contributed by atoms with Crippen molar-refractivity contribution in [1.29, 1.82) is 0 Å². The summed E-state index contributed by atoms with van der Waals surface area (Å²) in [7, 11) is 1.85. The highest BCUT2D eigenvalue weighted by Crippen LogP contribution is 2.45. The van der Waals surface area contributed by atoms with E-state index in [2.05, 4.69) is 0 Å². The van der Waals surface area contributed by atoms with Gasteiger partial charge in [-0.25, -0.2) is 0 Å². The van der Waals surface area contributed by atoms with Gasteiger partial charge in [-0.1, -0.05) is 23.2 Å². The lowest BCUT2D eigenvalue weighted by Crippen LogP contribution is -2.36. The number of hydrogen-bond acceptors (Lipinski definition) is 2. The number of rotatable bonds is 2. The van der Waals surface area contributed by atoms with Crippen molar-refractivity contribution in [3.63, 3.8) is 0 Å². The highest BCUT2D eigenvalue weighted by atomic mass is 35.5. The molecule has 2 saturated carbocycles. The van der Waals surface area contributed by atoms with E-state index in [9.17, 15) is 9.90 Å². The average Bonchev–Trinajstić information content (AvgIpc) is 2.92. The number of halogens is 2. The van der Waals surface area contributed by atoms with Gasteiger partial charge in [-0.15, -0.1) is 0 Å². The van der Waals surface area contributed by atoms with E-state index in [0.717, 1.165) is 25.7 Å². The number of hydrogen-bond donors (Lipinski definition) is 1. The van der Waals surface area contributed by atoms with Crippen molar-refractivity contribution in [1.82, 2.24) is 4.90 Å². The van der Waals surface area contributed by atoms with Crippen LogP contribution in [0.5, 0.6) is 0 Å². The molecule has 1 amide bonds. The highest BCUT2D eigenvalue weighted by Gasteiger charge is 2.43. The quantitative estimate of drug-likeness (QED) is 0.901. The van der Waals surface area contributed by atoms with E-state index in [1.54, 1.807) is 18.2 Å². The third-order valence-corrected chi connectivity index (χ3v) is 5.38. The Morgan fingerprint density at radius 3 is 2.14 bits per heavy atom. The van der Waals surface area contributed by atoms with Crippen LogP contribution in [0.4, 0.5) is 0 Å². The minimum absolute atomic E-state index is 0.0371. The Kier molecular flexibility index (Phi) is 4.17. The standard InChI is InChI=1S/C16H19Cl2NO2/c1-19(14-4-9-6-15(20)7-10(9)5-14)16(21)11-2-12(17)8-13(18)3-11/h2-3,8-10,14-15,20H,4-7H2,1H3/t9-,10+,14?,15?. The molecule has 4 atom stereocenters. The number of amides is 1. The first-order valence-electron chi connectivity index (χ1n) is 7.35. The van der Waals surface area contributed by atoms with Crippen molar-refractivity contribution in [2.75, 3.05) is 7.05 Å². The largest absolute Gasteiger partial charge is 0.393 e. The van der Waals surface area contributed by atoms with Gasteiger partial charge in [0.05, 0.1) is 6.10 Å². The molecule has 1 N–H and O–H groups in total. The molecule has 0 heterocycles. The number of carbonyl (C=O) groups excluding carboxylic acids is 1. The second-order valence-corrected chi connectivity index (χ2v) is 7.22. The first kappa shape index (κ1) is 15.1. The van der Waals surface area contributed by atoms with Crippen LogP contribution in [0.1, 0.15) is 36.0 Å². The van der Waals surface area contributed by atoms with E-state index >= 15 is 0 Å². The molecule has 21 heavy (non-hydrogen) atoms. The van der Waals surface area contributed by atoms with Crippen LogP contribution < -0.4 is 0 Å². The van der Waals surface area contributed by atoms with Gasteiger partial charge in [0.1, 0.15) is 0 Å². The van der Waals surface area contributed by atoms with Crippen LogP contribution >= 0.6 is 23.2 Å². The molecule has 2 aliphatic carbocycles. The first-order chi connectivity index (χ1) is 9.94. The molecule has 3 nitrogen and oxygen atoms in total. The van der Waals surface area contributed by atoms with Crippen LogP contribution in [0.25, 0.3) is 0 Å². The van der Waals surface area contributed by atoms with Crippen LogP contribution in [0.15, 0.2) is 18.2 Å². The summed E-state index contributed by atoms with van der Waals surface area (Å²) in [6.07, 6.45) is 3.59. The van der Waals surface area contributed by atoms with Gasteiger partial charge in [-0.2, -0.15) is 0 Å². The Morgan fingerprint density at radius 1 is 1.10 bits per heavy atom. The number of benzene rings is 1. The SMILES string of the molecule is CN(C(=O)c1cc(Cl)cc(Cl)c1)C1C[C@H]2CC(O)C[C@H]2C1. The van der Waals surface area contributed by atoms with Gasteiger partial charge in [-0.3, -0.25) is 4.79 Å². The van der Waals surface area contributed by atoms with Gasteiger partial charge in [-0.05, 0) is 55.7 Å². The zero-order chi connectivity index (χ0) is 15.1. The Bertz CT molecular complexity index is 529. The molecule has 0 spiro atoms. The summed E-state index contributed by atoms with van der Waals surface area (Å²) in [5, 5.41) is 10.7. The van der Waals surface area contributed by atoms with Gasteiger partial charge in [0, 0.05) is 28.7 Å². The molecule has 0 saturated heterocycles. The molecule has 3 rings (SSSR count). The fourth-order valence-corrected chi connectivity index (χ4v) is 4.44. The van der Waals surface area contributed by atoms with Crippen LogP contribution in [0, 0.1) is 11.8 Å². The number of carbonyl (C=O) groups is 1. The van der Waals surface area contributed by atoms with Crippen LogP contribution in [-0.2, 0) is 0 Å².